The predicted octanol–water partition coefficient (Wildman–Crippen LogP) is -1.35. The predicted molar refractivity (Wildman–Crippen MR) is 51.6 cm³/mol. The molecule has 2 saturated heterocycles. The smallest absolute Gasteiger partial charge is 0.241 e. The largest absolute Gasteiger partial charge is 0.354 e. The number of nitrogens with one attached hydrogen (secondary N) is 2. The summed E-state index contributed by atoms with van der Waals surface area (Å²) in [5.74, 6) is -0.219. The second-order valence-corrected chi connectivity index (χ2v) is 6.24. The maximum Gasteiger partial charge on any atom is 0.241 e. The molecule has 14 heavy (non-hydrogen) atoms. The molecule has 2 heterocycles. The van der Waals surface area contributed by atoms with Crippen molar-refractivity contribution in [1.29, 1.82) is 0 Å². The SMILES string of the molecule is O=C1NCCS(=O)(=O)C12CCNCC2. The molecule has 0 aromatic carbocycles. The second kappa shape index (κ2) is 3.20. The van der Waals surface area contributed by atoms with E-state index in [2.05, 4.69) is 10.6 Å². The van der Waals surface area contributed by atoms with Crippen molar-refractivity contribution in [2.45, 2.75) is 17.6 Å². The third kappa shape index (κ3) is 1.25. The molecule has 5 nitrogen and oxygen atoms in total. The molecule has 80 valence electrons. The Morgan fingerprint density at radius 1 is 1.14 bits per heavy atom. The summed E-state index contributed by atoms with van der Waals surface area (Å²) in [4.78, 5) is 11.7. The summed E-state index contributed by atoms with van der Waals surface area (Å²) in [5.41, 5.74) is 0. The van der Waals surface area contributed by atoms with E-state index >= 15 is 0 Å². The molecule has 0 aromatic rings. The zero-order chi connectivity index (χ0) is 10.2. The number of carbonyl (C=O) groups excluding carboxylic acids is 1. The summed E-state index contributed by atoms with van der Waals surface area (Å²) in [6.07, 6.45) is 0.808. The molecule has 2 N–H and O–H groups in total. The van der Waals surface area contributed by atoms with Crippen molar-refractivity contribution in [2.75, 3.05) is 25.4 Å². The van der Waals surface area contributed by atoms with Crippen molar-refractivity contribution in [1.82, 2.24) is 10.6 Å². The monoisotopic (exact) mass is 218 g/mol. The van der Waals surface area contributed by atoms with Crippen molar-refractivity contribution < 1.29 is 13.2 Å². The lowest BCUT2D eigenvalue weighted by molar-refractivity contribution is -0.124. The molecular weight excluding hydrogens is 204 g/mol. The molecule has 0 aromatic heterocycles. The van der Waals surface area contributed by atoms with Crippen LogP contribution in [-0.4, -0.2) is 44.5 Å². The van der Waals surface area contributed by atoms with Crippen molar-refractivity contribution in [2.24, 2.45) is 0 Å². The molecule has 6 heteroatoms. The van der Waals surface area contributed by atoms with Gasteiger partial charge in [-0.2, -0.15) is 0 Å². The Morgan fingerprint density at radius 3 is 2.36 bits per heavy atom. The van der Waals surface area contributed by atoms with Gasteiger partial charge in [0.25, 0.3) is 0 Å². The van der Waals surface area contributed by atoms with Gasteiger partial charge in [-0.25, -0.2) is 8.42 Å². The molecule has 0 atom stereocenters. The van der Waals surface area contributed by atoms with Crippen molar-refractivity contribution >= 4 is 15.7 Å². The molecule has 2 aliphatic heterocycles. The standard InChI is InChI=1S/C8H14N2O3S/c11-7-8(1-3-9-4-2-8)14(12,13)6-5-10-7/h9H,1-6H2,(H,10,11). The Kier molecular flexibility index (Phi) is 2.27. The highest BCUT2D eigenvalue weighted by Gasteiger charge is 2.52. The average molecular weight is 218 g/mol. The van der Waals surface area contributed by atoms with E-state index in [1.54, 1.807) is 0 Å². The van der Waals surface area contributed by atoms with Crippen LogP contribution in [0.15, 0.2) is 0 Å². The van der Waals surface area contributed by atoms with Crippen LogP contribution in [0.5, 0.6) is 0 Å². The normalized spacial score (nSPS) is 29.9. The Bertz CT molecular complexity index is 344. The fraction of sp³-hybridized carbons (Fsp3) is 0.875. The van der Waals surface area contributed by atoms with E-state index in [0.717, 1.165) is 0 Å². The molecule has 2 rings (SSSR count). The molecule has 2 fully saturated rings. The fourth-order valence-electron chi connectivity index (χ4n) is 2.17. The van der Waals surface area contributed by atoms with Gasteiger partial charge in [0.05, 0.1) is 5.75 Å². The Hall–Kier alpha value is -0.620. The van der Waals surface area contributed by atoms with Crippen LogP contribution in [0, 0.1) is 0 Å². The van der Waals surface area contributed by atoms with Gasteiger partial charge in [-0.05, 0) is 25.9 Å². The minimum absolute atomic E-state index is 0.0821. The highest BCUT2D eigenvalue weighted by molar-refractivity contribution is 7.93. The third-order valence-corrected chi connectivity index (χ3v) is 5.60. The molecule has 0 radical (unpaired) electrons. The van der Waals surface area contributed by atoms with Crippen LogP contribution in [0.1, 0.15) is 12.8 Å². The molecule has 2 aliphatic rings. The number of sulfone groups is 1. The molecule has 1 spiro atoms. The van der Waals surface area contributed by atoms with Crippen molar-refractivity contribution in [3.63, 3.8) is 0 Å². The van der Waals surface area contributed by atoms with Gasteiger partial charge in [0.1, 0.15) is 0 Å². The van der Waals surface area contributed by atoms with E-state index in [4.69, 9.17) is 0 Å². The third-order valence-electron chi connectivity index (χ3n) is 3.08. The van der Waals surface area contributed by atoms with Gasteiger partial charge in [-0.1, -0.05) is 0 Å². The number of hydrogen-bond donors (Lipinski definition) is 2. The highest BCUT2D eigenvalue weighted by atomic mass is 32.2. The van der Waals surface area contributed by atoms with Gasteiger partial charge in [-0.3, -0.25) is 4.79 Å². The first-order chi connectivity index (χ1) is 6.58. The van der Waals surface area contributed by atoms with E-state index in [0.29, 0.717) is 25.9 Å². The van der Waals surface area contributed by atoms with E-state index in [1.807, 2.05) is 0 Å². The van der Waals surface area contributed by atoms with E-state index in [-0.39, 0.29) is 18.2 Å². The van der Waals surface area contributed by atoms with E-state index in [9.17, 15) is 13.2 Å². The lowest BCUT2D eigenvalue weighted by Crippen LogP contribution is -2.62. The van der Waals surface area contributed by atoms with Crippen LogP contribution >= 0.6 is 0 Å². The molecule has 0 bridgehead atoms. The topological polar surface area (TPSA) is 75.3 Å². The van der Waals surface area contributed by atoms with Gasteiger partial charge >= 0.3 is 0 Å². The molecule has 1 amide bonds. The molecular formula is C8H14N2O3S. The first-order valence-corrected chi connectivity index (χ1v) is 6.45. The zero-order valence-electron chi connectivity index (χ0n) is 7.88. The Labute approximate surface area is 83.2 Å². The Balaban J connectivity index is 2.40. The van der Waals surface area contributed by atoms with Crippen LogP contribution in [0.2, 0.25) is 0 Å². The van der Waals surface area contributed by atoms with Crippen LogP contribution in [0.25, 0.3) is 0 Å². The first-order valence-electron chi connectivity index (χ1n) is 4.80. The van der Waals surface area contributed by atoms with E-state index < -0.39 is 14.6 Å². The second-order valence-electron chi connectivity index (χ2n) is 3.82. The lowest BCUT2D eigenvalue weighted by atomic mass is 9.95. The summed E-state index contributed by atoms with van der Waals surface area (Å²) < 4.78 is 22.6. The minimum atomic E-state index is -3.25. The number of hydrogen-bond acceptors (Lipinski definition) is 4. The van der Waals surface area contributed by atoms with Crippen molar-refractivity contribution in [3.8, 4) is 0 Å². The van der Waals surface area contributed by atoms with Gasteiger partial charge in [0.15, 0.2) is 14.6 Å². The summed E-state index contributed by atoms with van der Waals surface area (Å²) in [7, 11) is -3.25. The molecule has 0 unspecified atom stereocenters. The van der Waals surface area contributed by atoms with Crippen LogP contribution < -0.4 is 10.6 Å². The van der Waals surface area contributed by atoms with Gasteiger partial charge in [0.2, 0.25) is 5.91 Å². The minimum Gasteiger partial charge on any atom is -0.354 e. The van der Waals surface area contributed by atoms with Crippen LogP contribution in [0.4, 0.5) is 0 Å². The molecule has 0 aliphatic carbocycles. The number of amides is 1. The molecule has 0 saturated carbocycles. The maximum atomic E-state index is 11.9. The van der Waals surface area contributed by atoms with Gasteiger partial charge < -0.3 is 10.6 Å². The lowest BCUT2D eigenvalue weighted by Gasteiger charge is -2.38. The van der Waals surface area contributed by atoms with Crippen molar-refractivity contribution in [3.05, 3.63) is 0 Å². The van der Waals surface area contributed by atoms with Crippen LogP contribution in [-0.2, 0) is 14.6 Å². The van der Waals surface area contributed by atoms with Gasteiger partial charge in [0, 0.05) is 6.54 Å². The van der Waals surface area contributed by atoms with Gasteiger partial charge in [-0.15, -0.1) is 0 Å². The average Bonchev–Trinajstić information content (AvgIpc) is 2.16. The fourth-order valence-corrected chi connectivity index (χ4v) is 4.11. The number of rotatable bonds is 0. The summed E-state index contributed by atoms with van der Waals surface area (Å²) in [6, 6.07) is 0. The summed E-state index contributed by atoms with van der Waals surface area (Å²) in [6.45, 7) is 1.47. The van der Waals surface area contributed by atoms with E-state index in [1.165, 1.54) is 0 Å². The zero-order valence-corrected chi connectivity index (χ0v) is 8.69. The number of carbonyl (C=O) groups is 1. The number of piperidine rings is 1. The first kappa shape index (κ1) is 9.92. The Morgan fingerprint density at radius 2 is 1.79 bits per heavy atom. The summed E-state index contributed by atoms with van der Waals surface area (Å²) >= 11 is 0. The van der Waals surface area contributed by atoms with Crippen LogP contribution in [0.3, 0.4) is 0 Å². The maximum absolute atomic E-state index is 11.9. The quantitative estimate of drug-likeness (QED) is 0.527. The highest BCUT2D eigenvalue weighted by Crippen LogP contribution is 2.31. The summed E-state index contributed by atoms with van der Waals surface area (Å²) in [5, 5.41) is 5.72.